The maximum Gasteiger partial charge on any atom is 0.321 e. The average molecular weight is 292 g/mol. The zero-order valence-corrected chi connectivity index (χ0v) is 12.9. The summed E-state index contributed by atoms with van der Waals surface area (Å²) in [4.78, 5) is 13.7. The van der Waals surface area contributed by atoms with Crippen molar-refractivity contribution in [3.8, 4) is 0 Å². The van der Waals surface area contributed by atoms with Gasteiger partial charge >= 0.3 is 6.03 Å². The van der Waals surface area contributed by atoms with Crippen molar-refractivity contribution >= 4 is 11.7 Å². The molecular weight excluding hydrogens is 268 g/mol. The fourth-order valence-electron chi connectivity index (χ4n) is 2.70. The van der Waals surface area contributed by atoms with Crippen LogP contribution in [0.5, 0.6) is 0 Å². The Morgan fingerprint density at radius 1 is 1.48 bits per heavy atom. The number of benzene rings is 1. The zero-order valence-electron chi connectivity index (χ0n) is 12.9. The molecule has 1 aliphatic rings. The van der Waals surface area contributed by atoms with Crippen LogP contribution in [0.4, 0.5) is 10.5 Å². The van der Waals surface area contributed by atoms with Gasteiger partial charge in [-0.15, -0.1) is 0 Å². The number of β-amino-alcohol motifs (C(OH)–C–C–N with tert-alkyl or cyclic N) is 1. The van der Waals surface area contributed by atoms with Crippen molar-refractivity contribution in [3.05, 3.63) is 29.3 Å². The molecule has 5 nitrogen and oxygen atoms in total. The fraction of sp³-hybridized carbons (Fsp3) is 0.562. The largest absolute Gasteiger partial charge is 0.393 e. The molecule has 3 N–H and O–H groups in total. The molecule has 0 aliphatic carbocycles. The van der Waals surface area contributed by atoms with Crippen molar-refractivity contribution in [3.63, 3.8) is 0 Å². The first-order valence-corrected chi connectivity index (χ1v) is 7.34. The summed E-state index contributed by atoms with van der Waals surface area (Å²) in [6.07, 6.45) is 0.405. The summed E-state index contributed by atoms with van der Waals surface area (Å²) >= 11 is 0. The topological polar surface area (TPSA) is 72.8 Å². The Hall–Kier alpha value is -1.59. The Kier molecular flexibility index (Phi) is 4.54. The molecule has 5 heteroatoms. The van der Waals surface area contributed by atoms with Gasteiger partial charge < -0.3 is 20.4 Å². The number of carbonyl (C=O) groups excluding carboxylic acids is 1. The number of hydrogen-bond acceptors (Lipinski definition) is 3. The number of anilines is 1. The smallest absolute Gasteiger partial charge is 0.321 e. The first-order chi connectivity index (χ1) is 9.84. The second-order valence-electron chi connectivity index (χ2n) is 6.21. The highest BCUT2D eigenvalue weighted by molar-refractivity contribution is 5.89. The summed E-state index contributed by atoms with van der Waals surface area (Å²) < 4.78 is 0. The number of carbonyl (C=O) groups is 1. The van der Waals surface area contributed by atoms with Crippen LogP contribution in [0, 0.1) is 6.92 Å². The molecule has 1 aromatic carbocycles. The maximum absolute atomic E-state index is 12.2. The lowest BCUT2D eigenvalue weighted by atomic mass is 9.97. The quantitative estimate of drug-likeness (QED) is 0.798. The van der Waals surface area contributed by atoms with Crippen LogP contribution in [0.2, 0.25) is 0 Å². The van der Waals surface area contributed by atoms with E-state index in [0.29, 0.717) is 18.9 Å². The minimum absolute atomic E-state index is 0.165. The van der Waals surface area contributed by atoms with Gasteiger partial charge in [-0.3, -0.25) is 0 Å². The Labute approximate surface area is 125 Å². The number of likely N-dealkylation sites (tertiary alicyclic amines) is 1. The van der Waals surface area contributed by atoms with Crippen molar-refractivity contribution in [2.45, 2.75) is 38.7 Å². The van der Waals surface area contributed by atoms with Crippen LogP contribution in [0.25, 0.3) is 0 Å². The van der Waals surface area contributed by atoms with Gasteiger partial charge in [-0.1, -0.05) is 19.9 Å². The van der Waals surface area contributed by atoms with Gasteiger partial charge in [-0.05, 0) is 42.5 Å². The molecule has 2 amide bonds. The van der Waals surface area contributed by atoms with Gasteiger partial charge in [0.05, 0.1) is 13.2 Å². The summed E-state index contributed by atoms with van der Waals surface area (Å²) in [5.74, 6) is 0.396. The lowest BCUT2D eigenvalue weighted by molar-refractivity contribution is -0.00246. The van der Waals surface area contributed by atoms with E-state index in [1.54, 1.807) is 0 Å². The van der Waals surface area contributed by atoms with Crippen LogP contribution >= 0.6 is 0 Å². The third kappa shape index (κ3) is 3.54. The van der Waals surface area contributed by atoms with Gasteiger partial charge in [0, 0.05) is 12.2 Å². The van der Waals surface area contributed by atoms with E-state index in [1.165, 1.54) is 16.0 Å². The first kappa shape index (κ1) is 15.8. The van der Waals surface area contributed by atoms with Crippen LogP contribution in [0.3, 0.4) is 0 Å². The summed E-state index contributed by atoms with van der Waals surface area (Å²) in [5.41, 5.74) is 2.02. The highest BCUT2D eigenvalue weighted by Crippen LogP contribution is 2.24. The monoisotopic (exact) mass is 292 g/mol. The summed E-state index contributed by atoms with van der Waals surface area (Å²) in [6, 6.07) is 5.64. The number of urea groups is 1. The maximum atomic E-state index is 12.2. The third-order valence-electron chi connectivity index (χ3n) is 4.07. The molecule has 0 spiro atoms. The van der Waals surface area contributed by atoms with E-state index in [-0.39, 0.29) is 19.2 Å². The molecule has 1 fully saturated rings. The van der Waals surface area contributed by atoms with Crippen molar-refractivity contribution in [2.24, 2.45) is 0 Å². The average Bonchev–Trinajstić information content (AvgIpc) is 2.84. The number of amides is 2. The van der Waals surface area contributed by atoms with E-state index in [9.17, 15) is 9.90 Å². The fourth-order valence-corrected chi connectivity index (χ4v) is 2.70. The number of aliphatic hydroxyl groups is 2. The predicted octanol–water partition coefficient (Wildman–Crippen LogP) is 2.08. The molecule has 1 atom stereocenters. The van der Waals surface area contributed by atoms with Gasteiger partial charge in [-0.2, -0.15) is 0 Å². The number of rotatable bonds is 3. The lowest BCUT2D eigenvalue weighted by Crippen LogP contribution is -2.40. The molecule has 1 aliphatic heterocycles. The van der Waals surface area contributed by atoms with Gasteiger partial charge in [0.2, 0.25) is 0 Å². The van der Waals surface area contributed by atoms with Crippen LogP contribution in [0.15, 0.2) is 18.2 Å². The van der Waals surface area contributed by atoms with Gasteiger partial charge in [0.15, 0.2) is 0 Å². The number of aliphatic hydroxyl groups excluding tert-OH is 1. The summed E-state index contributed by atoms with van der Waals surface area (Å²) in [5, 5.41) is 22.0. The Morgan fingerprint density at radius 2 is 2.19 bits per heavy atom. The molecule has 0 bridgehead atoms. The van der Waals surface area contributed by atoms with Gasteiger partial charge in [-0.25, -0.2) is 4.79 Å². The van der Waals surface area contributed by atoms with Crippen molar-refractivity contribution in [1.29, 1.82) is 0 Å². The van der Waals surface area contributed by atoms with E-state index in [4.69, 9.17) is 5.11 Å². The highest BCUT2D eigenvalue weighted by Gasteiger charge is 2.37. The third-order valence-corrected chi connectivity index (χ3v) is 4.07. The number of nitrogens with one attached hydrogen (secondary N) is 1. The van der Waals surface area contributed by atoms with Crippen LogP contribution in [-0.2, 0) is 0 Å². The molecule has 1 unspecified atom stereocenters. The molecule has 0 aromatic heterocycles. The van der Waals surface area contributed by atoms with Crippen LogP contribution in [0.1, 0.15) is 37.3 Å². The highest BCUT2D eigenvalue weighted by atomic mass is 16.3. The van der Waals surface area contributed by atoms with Crippen molar-refractivity contribution < 1.29 is 15.0 Å². The molecule has 1 aromatic rings. The van der Waals surface area contributed by atoms with Crippen molar-refractivity contribution in [2.75, 3.05) is 25.0 Å². The predicted molar refractivity (Wildman–Crippen MR) is 82.5 cm³/mol. The SMILES string of the molecule is Cc1ccc(NC(=O)N2CCC(O)(CO)C2)cc1C(C)C. The molecular formula is C16H24N2O3. The van der Waals surface area contributed by atoms with E-state index in [2.05, 4.69) is 26.1 Å². The van der Waals surface area contributed by atoms with E-state index in [1.807, 2.05) is 18.2 Å². The lowest BCUT2D eigenvalue weighted by Gasteiger charge is -2.21. The molecule has 1 saturated heterocycles. The van der Waals surface area contributed by atoms with E-state index < -0.39 is 5.60 Å². The molecule has 0 radical (unpaired) electrons. The van der Waals surface area contributed by atoms with Crippen LogP contribution in [-0.4, -0.2) is 46.4 Å². The summed E-state index contributed by atoms with van der Waals surface area (Å²) in [6.45, 7) is 6.59. The van der Waals surface area contributed by atoms with Gasteiger partial charge in [0.25, 0.3) is 0 Å². The minimum atomic E-state index is -1.16. The molecule has 0 saturated carbocycles. The van der Waals surface area contributed by atoms with Gasteiger partial charge in [0.1, 0.15) is 5.60 Å². The molecule has 1 heterocycles. The first-order valence-electron chi connectivity index (χ1n) is 7.34. The Morgan fingerprint density at radius 3 is 2.76 bits per heavy atom. The summed E-state index contributed by atoms with van der Waals surface area (Å²) in [7, 11) is 0. The molecule has 116 valence electrons. The standard InChI is InChI=1S/C16H24N2O3/c1-11(2)14-8-13(5-4-12(14)3)17-15(20)18-7-6-16(21,9-18)10-19/h4-5,8,11,19,21H,6-7,9-10H2,1-3H3,(H,17,20). The number of nitrogens with zero attached hydrogens (tertiary/aromatic N) is 1. The second kappa shape index (κ2) is 6.03. The van der Waals surface area contributed by atoms with Crippen LogP contribution < -0.4 is 5.32 Å². The zero-order chi connectivity index (χ0) is 15.6. The van der Waals surface area contributed by atoms with E-state index in [0.717, 1.165) is 5.69 Å². The number of hydrogen-bond donors (Lipinski definition) is 3. The molecule has 2 rings (SSSR count). The van der Waals surface area contributed by atoms with Crippen molar-refractivity contribution in [1.82, 2.24) is 4.90 Å². The normalized spacial score (nSPS) is 21.9. The Balaban J connectivity index is 2.05. The number of aryl methyl sites for hydroxylation is 1. The minimum Gasteiger partial charge on any atom is -0.393 e. The second-order valence-corrected chi connectivity index (χ2v) is 6.21. The molecule has 21 heavy (non-hydrogen) atoms. The Bertz CT molecular complexity index is 530. The van der Waals surface area contributed by atoms with E-state index >= 15 is 0 Å².